The predicted octanol–water partition coefficient (Wildman–Crippen LogP) is -1.17. The zero-order chi connectivity index (χ0) is 6.28. The molecule has 0 aromatic rings. The minimum absolute atomic E-state index is 0. The highest BCUT2D eigenvalue weighted by Gasteiger charge is 1.65. The summed E-state index contributed by atoms with van der Waals surface area (Å²) in [6, 6.07) is 0. The molecule has 0 heterocycles. The summed E-state index contributed by atoms with van der Waals surface area (Å²) in [5, 5.41) is 21.5. The second kappa shape index (κ2) is 31.3. The standard InChI is InChI=1S/HNO3.HNO2.2N/c2-1(3)4;2-1-3;;/h(H,2,3,4);(H,2,3);;. The van der Waals surface area contributed by atoms with Crippen molar-refractivity contribution in [2.75, 3.05) is 0 Å². The largest absolute Gasteiger partial charge is 0.379 e. The van der Waals surface area contributed by atoms with Gasteiger partial charge in [0.2, 0.25) is 0 Å². The maximum atomic E-state index is 8.36. The van der Waals surface area contributed by atoms with E-state index in [0.29, 0.717) is 0 Å². The van der Waals surface area contributed by atoms with Crippen LogP contribution in [0.4, 0.5) is 0 Å². The smallest absolute Gasteiger partial charge is 0.291 e. The van der Waals surface area contributed by atoms with Gasteiger partial charge in [-0.15, -0.1) is 15.0 Å². The normalized spacial score (nSPS) is 4.00. The molecular weight excluding hydrogens is 136 g/mol. The summed E-state index contributed by atoms with van der Waals surface area (Å²) < 4.78 is 0. The van der Waals surface area contributed by atoms with Crippen LogP contribution in [0.5, 0.6) is 0 Å². The average Bonchev–Trinajstić information content (AvgIpc) is 1.33. The lowest BCUT2D eigenvalue weighted by molar-refractivity contribution is -0.742. The third-order valence-corrected chi connectivity index (χ3v) is 0. The van der Waals surface area contributed by atoms with E-state index in [1.54, 1.807) is 0 Å². The molecule has 0 atom stereocenters. The number of hydrogen-bond acceptors (Lipinski definition) is 4. The highest BCUT2D eigenvalue weighted by atomic mass is 16.9. The SMILES string of the molecule is O=NO.O=[N+]([O-])O.[N].[N]. The van der Waals surface area contributed by atoms with Crippen LogP contribution in [0, 0.1) is 15.0 Å². The molecule has 52 valence electrons. The number of nitrogens with zero attached hydrogens (tertiary/aromatic N) is 4. The highest BCUT2D eigenvalue weighted by Crippen LogP contribution is 1.38. The van der Waals surface area contributed by atoms with Crippen LogP contribution < -0.4 is 12.3 Å². The fourth-order valence-electron chi connectivity index (χ4n) is 0. The van der Waals surface area contributed by atoms with E-state index >= 15 is 0 Å². The number of rotatable bonds is 0. The Bertz CT molecular complexity index is 56.0. The molecular formula is H2N4O5. The molecule has 0 amide bonds. The molecule has 9 nitrogen and oxygen atoms in total. The summed E-state index contributed by atoms with van der Waals surface area (Å²) in [6.07, 6.45) is 0. The molecule has 0 aliphatic heterocycles. The van der Waals surface area contributed by atoms with Crippen LogP contribution in [0.2, 0.25) is 0 Å². The molecule has 9 heteroatoms. The van der Waals surface area contributed by atoms with Crippen molar-refractivity contribution in [3.8, 4) is 0 Å². The van der Waals surface area contributed by atoms with Gasteiger partial charge in [-0.05, 0) is 0 Å². The Labute approximate surface area is 49.5 Å². The lowest BCUT2D eigenvalue weighted by Gasteiger charge is -1.56. The molecule has 0 aliphatic carbocycles. The fraction of sp³-hybridized carbons (Fsp3) is 0. The Hall–Kier alpha value is -1.48. The van der Waals surface area contributed by atoms with Gasteiger partial charge in [0, 0.05) is 12.3 Å². The molecule has 0 aliphatic rings. The molecule has 0 rings (SSSR count). The summed E-state index contributed by atoms with van der Waals surface area (Å²) in [7, 11) is 0. The molecule has 0 spiro atoms. The molecule has 0 bridgehead atoms. The van der Waals surface area contributed by atoms with E-state index in [2.05, 4.69) is 0 Å². The van der Waals surface area contributed by atoms with Gasteiger partial charge in [-0.1, -0.05) is 0 Å². The predicted molar refractivity (Wildman–Crippen MR) is 20.6 cm³/mol. The van der Waals surface area contributed by atoms with Crippen LogP contribution in [-0.2, 0) is 0 Å². The van der Waals surface area contributed by atoms with Crippen molar-refractivity contribution in [1.82, 2.24) is 12.3 Å². The molecule has 0 saturated heterocycles. The summed E-state index contributed by atoms with van der Waals surface area (Å²) in [5.41, 5.74) is 0. The van der Waals surface area contributed by atoms with Crippen molar-refractivity contribution in [1.29, 1.82) is 0 Å². The van der Waals surface area contributed by atoms with Crippen molar-refractivity contribution in [3.63, 3.8) is 0 Å². The van der Waals surface area contributed by atoms with Crippen LogP contribution in [0.1, 0.15) is 0 Å². The van der Waals surface area contributed by atoms with Gasteiger partial charge in [0.1, 0.15) is 0 Å². The summed E-state index contributed by atoms with van der Waals surface area (Å²) >= 11 is 0. The first kappa shape index (κ1) is 25.8. The van der Waals surface area contributed by atoms with Crippen molar-refractivity contribution < 1.29 is 15.5 Å². The van der Waals surface area contributed by atoms with Gasteiger partial charge in [-0.25, -0.2) is 0 Å². The Morgan fingerprint density at radius 1 is 1.44 bits per heavy atom. The van der Waals surface area contributed by atoms with Gasteiger partial charge in [-0.3, -0.25) is 0 Å². The van der Waals surface area contributed by atoms with E-state index in [0.717, 1.165) is 0 Å². The quantitative estimate of drug-likeness (QED) is 0.243. The van der Waals surface area contributed by atoms with Gasteiger partial charge < -0.3 is 10.4 Å². The second-order valence-corrected chi connectivity index (χ2v) is 0.319. The van der Waals surface area contributed by atoms with Gasteiger partial charge in [0.05, 0.1) is 0 Å². The van der Waals surface area contributed by atoms with Crippen LogP contribution in [0.15, 0.2) is 5.34 Å². The van der Waals surface area contributed by atoms with Crippen molar-refractivity contribution >= 4 is 0 Å². The molecule has 6 radical (unpaired) electrons. The van der Waals surface area contributed by atoms with E-state index in [9.17, 15) is 0 Å². The van der Waals surface area contributed by atoms with Crippen molar-refractivity contribution in [3.05, 3.63) is 15.0 Å². The molecule has 0 aromatic carbocycles. The monoisotopic (exact) mass is 138 g/mol. The fourth-order valence-corrected chi connectivity index (χ4v) is 0. The lowest BCUT2D eigenvalue weighted by Crippen LogP contribution is -1.81. The van der Waals surface area contributed by atoms with Crippen LogP contribution in [0.3, 0.4) is 0 Å². The summed E-state index contributed by atoms with van der Waals surface area (Å²) in [4.78, 5) is 16.5. The van der Waals surface area contributed by atoms with Crippen LogP contribution in [-0.4, -0.2) is 15.5 Å². The van der Waals surface area contributed by atoms with Crippen molar-refractivity contribution in [2.45, 2.75) is 0 Å². The summed E-state index contributed by atoms with van der Waals surface area (Å²) in [6.45, 7) is 0. The maximum absolute atomic E-state index is 8.36. The second-order valence-electron chi connectivity index (χ2n) is 0.319. The van der Waals surface area contributed by atoms with Crippen molar-refractivity contribution in [2.24, 2.45) is 5.34 Å². The third kappa shape index (κ3) is 60.8. The van der Waals surface area contributed by atoms with Crippen LogP contribution in [0.25, 0.3) is 0 Å². The zero-order valence-electron chi connectivity index (χ0n) is 3.91. The first-order chi connectivity index (χ1) is 3.15. The van der Waals surface area contributed by atoms with E-state index < -0.39 is 5.09 Å². The Morgan fingerprint density at radius 3 is 1.44 bits per heavy atom. The van der Waals surface area contributed by atoms with Gasteiger partial charge in [0.15, 0.2) is 5.34 Å². The maximum Gasteiger partial charge on any atom is 0.291 e. The first-order valence-corrected chi connectivity index (χ1v) is 0.948. The minimum Gasteiger partial charge on any atom is -0.379 e. The third-order valence-electron chi connectivity index (χ3n) is 0. The van der Waals surface area contributed by atoms with Gasteiger partial charge in [0.25, 0.3) is 5.09 Å². The number of hydrogen-bond donors (Lipinski definition) is 2. The molecule has 0 fully saturated rings. The van der Waals surface area contributed by atoms with E-state index in [4.69, 9.17) is 25.4 Å². The van der Waals surface area contributed by atoms with E-state index in [1.807, 2.05) is 0 Å². The minimum atomic E-state index is -1.50. The summed E-state index contributed by atoms with van der Waals surface area (Å²) in [5.74, 6) is 0. The topological polar surface area (TPSA) is 174 Å². The molecule has 2 N–H and O–H groups in total. The molecule has 9 heavy (non-hydrogen) atoms. The zero-order valence-corrected chi connectivity index (χ0v) is 3.91. The first-order valence-electron chi connectivity index (χ1n) is 0.948. The van der Waals surface area contributed by atoms with Crippen LogP contribution >= 0.6 is 0 Å². The Morgan fingerprint density at radius 2 is 1.44 bits per heavy atom. The van der Waals surface area contributed by atoms with E-state index in [1.165, 1.54) is 5.34 Å². The van der Waals surface area contributed by atoms with Gasteiger partial charge >= 0.3 is 0 Å². The Balaban J connectivity index is -0.0000000233. The molecule has 0 unspecified atom stereocenters. The average molecular weight is 138 g/mol. The molecule has 0 saturated carbocycles. The van der Waals surface area contributed by atoms with E-state index in [-0.39, 0.29) is 12.3 Å². The Kier molecular flexibility index (Phi) is 89.7. The van der Waals surface area contributed by atoms with Gasteiger partial charge in [-0.2, -0.15) is 0 Å². The molecule has 0 aromatic heterocycles. The lowest BCUT2D eigenvalue weighted by atomic mass is 13.1. The highest BCUT2D eigenvalue weighted by molar-refractivity contribution is 3.84.